The van der Waals surface area contributed by atoms with Gasteiger partial charge in [-0.25, -0.2) is 0 Å². The fourth-order valence-electron chi connectivity index (χ4n) is 3.61. The Morgan fingerprint density at radius 3 is 1.70 bits per heavy atom. The Hall–Kier alpha value is -1.84. The smallest absolute Gasteiger partial charge is 0.269 e. The van der Waals surface area contributed by atoms with Crippen molar-refractivity contribution in [2.75, 3.05) is 0 Å². The van der Waals surface area contributed by atoms with Crippen molar-refractivity contribution < 1.29 is 9.59 Å². The van der Waals surface area contributed by atoms with Crippen molar-refractivity contribution in [2.24, 2.45) is 0 Å². The van der Waals surface area contributed by atoms with Crippen LogP contribution in [0.2, 0.25) is 0 Å². The van der Waals surface area contributed by atoms with Gasteiger partial charge in [-0.1, -0.05) is 103 Å². The number of hydrogen-bond acceptors (Lipinski definition) is 2. The molecule has 2 N–H and O–H groups in total. The normalized spacial score (nSPS) is 10.7. The zero-order chi connectivity index (χ0) is 21.9. The van der Waals surface area contributed by atoms with Gasteiger partial charge in [-0.2, -0.15) is 0 Å². The van der Waals surface area contributed by atoms with Crippen LogP contribution in [-0.4, -0.2) is 11.8 Å². The molecule has 170 valence electrons. The number of unbranched alkanes of at least 4 members (excludes halogenated alkanes) is 12. The molecular formula is C26H44N2O2. The molecule has 0 aliphatic rings. The van der Waals surface area contributed by atoms with E-state index in [4.69, 9.17) is 0 Å². The Kier molecular flexibility index (Phi) is 15.7. The van der Waals surface area contributed by atoms with E-state index in [2.05, 4.69) is 24.7 Å². The number of benzene rings is 1. The summed E-state index contributed by atoms with van der Waals surface area (Å²) in [5.74, 6) is -0.375. The fourth-order valence-corrected chi connectivity index (χ4v) is 3.61. The molecule has 0 saturated carbocycles. The van der Waals surface area contributed by atoms with Crippen LogP contribution in [-0.2, 0) is 11.2 Å². The molecule has 0 spiro atoms. The third kappa shape index (κ3) is 13.4. The minimum atomic E-state index is -0.259. The Morgan fingerprint density at radius 1 is 0.633 bits per heavy atom. The van der Waals surface area contributed by atoms with Crippen molar-refractivity contribution in [1.82, 2.24) is 10.9 Å². The Labute approximate surface area is 184 Å². The molecule has 0 fully saturated rings. The molecule has 0 heterocycles. The van der Waals surface area contributed by atoms with Gasteiger partial charge in [0.2, 0.25) is 5.91 Å². The van der Waals surface area contributed by atoms with Gasteiger partial charge in [-0.3, -0.25) is 20.4 Å². The number of aryl methyl sites for hydroxylation is 1. The van der Waals surface area contributed by atoms with Crippen LogP contribution in [0.3, 0.4) is 0 Å². The molecule has 0 bridgehead atoms. The van der Waals surface area contributed by atoms with Crippen LogP contribution >= 0.6 is 0 Å². The maximum Gasteiger partial charge on any atom is 0.269 e. The number of hydrazine groups is 1. The van der Waals surface area contributed by atoms with Crippen molar-refractivity contribution in [2.45, 2.75) is 117 Å². The van der Waals surface area contributed by atoms with Crippen molar-refractivity contribution in [1.29, 1.82) is 0 Å². The topological polar surface area (TPSA) is 58.2 Å². The van der Waals surface area contributed by atoms with Gasteiger partial charge in [-0.05, 0) is 37.0 Å². The lowest BCUT2D eigenvalue weighted by molar-refractivity contribution is -0.122. The SMILES string of the molecule is CCCCCCCCCCCC(=O)NNC(=O)c1ccc(CCCCCCC)cc1. The average molecular weight is 417 g/mol. The van der Waals surface area contributed by atoms with E-state index in [1.807, 2.05) is 24.3 Å². The summed E-state index contributed by atoms with van der Waals surface area (Å²) in [5.41, 5.74) is 6.90. The minimum absolute atomic E-state index is 0.116. The molecule has 0 unspecified atom stereocenters. The van der Waals surface area contributed by atoms with Gasteiger partial charge in [0, 0.05) is 12.0 Å². The summed E-state index contributed by atoms with van der Waals surface area (Å²) in [7, 11) is 0. The molecular weight excluding hydrogens is 372 g/mol. The summed E-state index contributed by atoms with van der Waals surface area (Å²) in [4.78, 5) is 24.1. The summed E-state index contributed by atoms with van der Waals surface area (Å²) >= 11 is 0. The van der Waals surface area contributed by atoms with Crippen molar-refractivity contribution >= 4 is 11.8 Å². The van der Waals surface area contributed by atoms with E-state index >= 15 is 0 Å². The predicted molar refractivity (Wildman–Crippen MR) is 126 cm³/mol. The molecule has 1 rings (SSSR count). The van der Waals surface area contributed by atoms with Crippen molar-refractivity contribution in [3.63, 3.8) is 0 Å². The van der Waals surface area contributed by atoms with Crippen LogP contribution in [0.25, 0.3) is 0 Å². The van der Waals surface area contributed by atoms with Gasteiger partial charge in [0.05, 0.1) is 0 Å². The number of nitrogens with one attached hydrogen (secondary N) is 2. The van der Waals surface area contributed by atoms with Crippen LogP contribution < -0.4 is 10.9 Å². The lowest BCUT2D eigenvalue weighted by atomic mass is 10.0. The zero-order valence-corrected chi connectivity index (χ0v) is 19.4. The minimum Gasteiger partial charge on any atom is -0.273 e. The lowest BCUT2D eigenvalue weighted by Crippen LogP contribution is -2.41. The fraction of sp³-hybridized carbons (Fsp3) is 0.692. The second kappa shape index (κ2) is 18.0. The summed E-state index contributed by atoms with van der Waals surface area (Å²) in [6, 6.07) is 7.70. The number of hydrogen-bond donors (Lipinski definition) is 2. The molecule has 2 amide bonds. The maximum absolute atomic E-state index is 12.2. The highest BCUT2D eigenvalue weighted by Crippen LogP contribution is 2.11. The van der Waals surface area contributed by atoms with Crippen LogP contribution in [0.15, 0.2) is 24.3 Å². The van der Waals surface area contributed by atoms with Crippen molar-refractivity contribution in [3.05, 3.63) is 35.4 Å². The quantitative estimate of drug-likeness (QED) is 0.215. The predicted octanol–water partition coefficient (Wildman–Crippen LogP) is 6.88. The average Bonchev–Trinajstić information content (AvgIpc) is 2.76. The van der Waals surface area contributed by atoms with Gasteiger partial charge in [0.15, 0.2) is 0 Å². The number of rotatable bonds is 17. The first-order valence-electron chi connectivity index (χ1n) is 12.4. The number of carbonyl (C=O) groups is 2. The standard InChI is InChI=1S/C26H44N2O2/c1-3-5-7-9-10-11-12-14-16-18-25(29)27-28-26(30)24-21-19-23(20-22-24)17-15-13-8-6-4-2/h19-22H,3-18H2,1-2H3,(H,27,29)(H,28,30). The molecule has 1 aromatic carbocycles. The summed E-state index contributed by atoms with van der Waals surface area (Å²) in [5, 5.41) is 0. The van der Waals surface area contributed by atoms with E-state index in [-0.39, 0.29) is 11.8 Å². The van der Waals surface area contributed by atoms with Gasteiger partial charge in [0.25, 0.3) is 5.91 Å². The summed E-state index contributed by atoms with van der Waals surface area (Å²) < 4.78 is 0. The molecule has 0 saturated heterocycles. The highest BCUT2D eigenvalue weighted by atomic mass is 16.2. The molecule has 0 atom stereocenters. The number of amides is 2. The monoisotopic (exact) mass is 416 g/mol. The molecule has 4 heteroatoms. The first-order valence-corrected chi connectivity index (χ1v) is 12.4. The van der Waals surface area contributed by atoms with Crippen LogP contribution in [0, 0.1) is 0 Å². The van der Waals surface area contributed by atoms with E-state index in [0.717, 1.165) is 19.3 Å². The molecule has 0 aliphatic heterocycles. The Morgan fingerprint density at radius 2 is 1.13 bits per heavy atom. The van der Waals surface area contributed by atoms with E-state index in [0.29, 0.717) is 12.0 Å². The molecule has 0 radical (unpaired) electrons. The second-order valence-electron chi connectivity index (χ2n) is 8.44. The van der Waals surface area contributed by atoms with E-state index in [1.165, 1.54) is 82.6 Å². The third-order valence-corrected chi connectivity index (χ3v) is 5.61. The number of carbonyl (C=O) groups excluding carboxylic acids is 2. The zero-order valence-electron chi connectivity index (χ0n) is 19.4. The van der Waals surface area contributed by atoms with E-state index in [9.17, 15) is 9.59 Å². The molecule has 4 nitrogen and oxygen atoms in total. The van der Waals surface area contributed by atoms with E-state index in [1.54, 1.807) is 0 Å². The van der Waals surface area contributed by atoms with Crippen LogP contribution in [0.5, 0.6) is 0 Å². The lowest BCUT2D eigenvalue weighted by Gasteiger charge is -2.08. The largest absolute Gasteiger partial charge is 0.273 e. The van der Waals surface area contributed by atoms with Crippen LogP contribution in [0.1, 0.15) is 126 Å². The molecule has 0 aromatic heterocycles. The molecule has 1 aromatic rings. The van der Waals surface area contributed by atoms with Gasteiger partial charge < -0.3 is 0 Å². The first-order chi connectivity index (χ1) is 14.7. The molecule has 0 aliphatic carbocycles. The van der Waals surface area contributed by atoms with Gasteiger partial charge in [-0.15, -0.1) is 0 Å². The summed E-state index contributed by atoms with van der Waals surface area (Å²) in [6.07, 6.45) is 18.9. The summed E-state index contributed by atoms with van der Waals surface area (Å²) in [6.45, 7) is 4.46. The van der Waals surface area contributed by atoms with Crippen LogP contribution in [0.4, 0.5) is 0 Å². The van der Waals surface area contributed by atoms with Crippen molar-refractivity contribution in [3.8, 4) is 0 Å². The maximum atomic E-state index is 12.2. The first kappa shape index (κ1) is 26.2. The van der Waals surface area contributed by atoms with Gasteiger partial charge >= 0.3 is 0 Å². The second-order valence-corrected chi connectivity index (χ2v) is 8.44. The molecule has 30 heavy (non-hydrogen) atoms. The third-order valence-electron chi connectivity index (χ3n) is 5.61. The Bertz CT molecular complexity index is 569. The van der Waals surface area contributed by atoms with E-state index < -0.39 is 0 Å². The van der Waals surface area contributed by atoms with Gasteiger partial charge in [0.1, 0.15) is 0 Å². The highest BCUT2D eigenvalue weighted by Gasteiger charge is 2.07. The Balaban J connectivity index is 2.10. The highest BCUT2D eigenvalue weighted by molar-refractivity contribution is 5.95.